The van der Waals surface area contributed by atoms with Crippen molar-refractivity contribution in [3.8, 4) is 0 Å². The van der Waals surface area contributed by atoms with E-state index in [-0.39, 0.29) is 6.09 Å². The SMILES string of the molecule is C=CC[n+]1c(/C=C/c2ccc(N3CCN(C(=O)OCC)CC3)cc2)sc2ccccc21. The van der Waals surface area contributed by atoms with E-state index in [1.54, 1.807) is 16.2 Å². The number of para-hydroxylation sites is 1. The number of carbonyl (C=O) groups excluding carboxylic acids is 1. The monoisotopic (exact) mass is 434 g/mol. The Balaban J connectivity index is 1.43. The van der Waals surface area contributed by atoms with Crippen LogP contribution in [0.25, 0.3) is 22.4 Å². The Kier molecular flexibility index (Phi) is 6.67. The van der Waals surface area contributed by atoms with Gasteiger partial charge in [-0.05, 0) is 42.8 Å². The minimum absolute atomic E-state index is 0.211. The molecule has 3 aromatic rings. The Morgan fingerprint density at radius 1 is 1.10 bits per heavy atom. The average molecular weight is 435 g/mol. The molecule has 1 aliphatic heterocycles. The van der Waals surface area contributed by atoms with Crippen LogP contribution in [-0.4, -0.2) is 43.8 Å². The van der Waals surface area contributed by atoms with Crippen LogP contribution in [0.4, 0.5) is 10.5 Å². The molecule has 1 aromatic heterocycles. The molecule has 0 unspecified atom stereocenters. The van der Waals surface area contributed by atoms with Gasteiger partial charge in [-0.2, -0.15) is 4.57 Å². The molecular weight excluding hydrogens is 406 g/mol. The highest BCUT2D eigenvalue weighted by atomic mass is 32.1. The Morgan fingerprint density at radius 3 is 2.55 bits per heavy atom. The van der Waals surface area contributed by atoms with Crippen LogP contribution in [0.5, 0.6) is 0 Å². The fourth-order valence-corrected chi connectivity index (χ4v) is 4.89. The molecule has 31 heavy (non-hydrogen) atoms. The lowest BCUT2D eigenvalue weighted by Gasteiger charge is -2.35. The summed E-state index contributed by atoms with van der Waals surface area (Å²) < 4.78 is 8.67. The van der Waals surface area contributed by atoms with Crippen LogP contribution in [0.3, 0.4) is 0 Å². The number of hydrogen-bond donors (Lipinski definition) is 0. The van der Waals surface area contributed by atoms with E-state index in [1.807, 2.05) is 13.0 Å². The van der Waals surface area contributed by atoms with Gasteiger partial charge in [0.1, 0.15) is 4.70 Å². The number of rotatable bonds is 6. The van der Waals surface area contributed by atoms with Gasteiger partial charge in [0.2, 0.25) is 5.52 Å². The number of amides is 1. The number of thiazole rings is 1. The molecule has 1 saturated heterocycles. The predicted molar refractivity (Wildman–Crippen MR) is 128 cm³/mol. The third-order valence-corrected chi connectivity index (χ3v) is 6.56. The van der Waals surface area contributed by atoms with Crippen LogP contribution in [0.15, 0.2) is 61.2 Å². The summed E-state index contributed by atoms with van der Waals surface area (Å²) in [7, 11) is 0. The van der Waals surface area contributed by atoms with Crippen LogP contribution in [0.2, 0.25) is 0 Å². The Hall–Kier alpha value is -3.12. The third kappa shape index (κ3) is 4.80. The van der Waals surface area contributed by atoms with Gasteiger partial charge in [-0.3, -0.25) is 0 Å². The van der Waals surface area contributed by atoms with Gasteiger partial charge >= 0.3 is 6.09 Å². The summed E-state index contributed by atoms with van der Waals surface area (Å²) in [6.45, 7) is 9.97. The van der Waals surface area contributed by atoms with Crippen molar-refractivity contribution in [2.45, 2.75) is 13.5 Å². The molecule has 0 spiro atoms. The topological polar surface area (TPSA) is 36.7 Å². The van der Waals surface area contributed by atoms with Gasteiger partial charge in [0, 0.05) is 44.0 Å². The highest BCUT2D eigenvalue weighted by Crippen LogP contribution is 2.23. The van der Waals surface area contributed by atoms with Gasteiger partial charge in [-0.1, -0.05) is 42.2 Å². The van der Waals surface area contributed by atoms with Crippen molar-refractivity contribution in [1.82, 2.24) is 4.90 Å². The number of ether oxygens (including phenoxy) is 1. The van der Waals surface area contributed by atoms with Crippen molar-refractivity contribution in [3.05, 3.63) is 71.8 Å². The molecule has 4 rings (SSSR count). The number of carbonyl (C=O) groups is 1. The highest BCUT2D eigenvalue weighted by Gasteiger charge is 2.22. The number of piperazine rings is 1. The van der Waals surface area contributed by atoms with Crippen LogP contribution < -0.4 is 9.47 Å². The van der Waals surface area contributed by atoms with Crippen molar-refractivity contribution < 1.29 is 14.1 Å². The summed E-state index contributed by atoms with van der Waals surface area (Å²) in [5.74, 6) is 0. The molecule has 5 nitrogen and oxygen atoms in total. The first-order chi connectivity index (χ1) is 15.2. The van der Waals surface area contributed by atoms with Gasteiger partial charge in [0.25, 0.3) is 5.01 Å². The minimum Gasteiger partial charge on any atom is -0.450 e. The summed E-state index contributed by atoms with van der Waals surface area (Å²) in [5.41, 5.74) is 3.59. The van der Waals surface area contributed by atoms with E-state index in [1.165, 1.54) is 20.9 Å². The van der Waals surface area contributed by atoms with Gasteiger partial charge in [0.15, 0.2) is 6.54 Å². The molecule has 0 radical (unpaired) electrons. The molecule has 0 aliphatic carbocycles. The smallest absolute Gasteiger partial charge is 0.409 e. The van der Waals surface area contributed by atoms with Crippen LogP contribution in [0, 0.1) is 0 Å². The molecule has 0 N–H and O–H groups in total. The van der Waals surface area contributed by atoms with E-state index in [2.05, 4.69) is 76.7 Å². The van der Waals surface area contributed by atoms with Crippen molar-refractivity contribution in [2.75, 3.05) is 37.7 Å². The maximum Gasteiger partial charge on any atom is 0.409 e. The van der Waals surface area contributed by atoms with E-state index < -0.39 is 0 Å². The largest absolute Gasteiger partial charge is 0.450 e. The number of aromatic nitrogens is 1. The molecule has 160 valence electrons. The number of allylic oxidation sites excluding steroid dienone is 1. The third-order valence-electron chi connectivity index (χ3n) is 5.43. The Bertz CT molecular complexity index is 1080. The Morgan fingerprint density at radius 2 is 1.84 bits per heavy atom. The van der Waals surface area contributed by atoms with Crippen LogP contribution in [0.1, 0.15) is 17.5 Å². The zero-order chi connectivity index (χ0) is 21.6. The summed E-state index contributed by atoms with van der Waals surface area (Å²) in [4.78, 5) is 16.0. The fourth-order valence-electron chi connectivity index (χ4n) is 3.82. The Labute approximate surface area is 187 Å². The van der Waals surface area contributed by atoms with Gasteiger partial charge in [-0.15, -0.1) is 0 Å². The zero-order valence-corrected chi connectivity index (χ0v) is 18.7. The van der Waals surface area contributed by atoms with Gasteiger partial charge in [0.05, 0.1) is 6.61 Å². The molecular formula is C25H28N3O2S+. The summed E-state index contributed by atoms with van der Waals surface area (Å²) in [6, 6.07) is 17.1. The first-order valence-corrected chi connectivity index (χ1v) is 11.5. The highest BCUT2D eigenvalue weighted by molar-refractivity contribution is 7.18. The van der Waals surface area contributed by atoms with Crippen molar-refractivity contribution in [3.63, 3.8) is 0 Å². The zero-order valence-electron chi connectivity index (χ0n) is 17.9. The van der Waals surface area contributed by atoms with E-state index in [0.29, 0.717) is 19.7 Å². The molecule has 0 saturated carbocycles. The standard InChI is InChI=1S/C25H28N3O2S/c1-3-15-28-22-7-5-6-8-23(22)31-24(28)14-11-20-9-12-21(13-10-20)26-16-18-27(19-17-26)25(29)30-4-2/h3,5-14H,1,4,15-19H2,2H3/q+1. The van der Waals surface area contributed by atoms with Crippen molar-refractivity contribution in [2.24, 2.45) is 0 Å². The van der Waals surface area contributed by atoms with E-state index in [4.69, 9.17) is 4.74 Å². The second kappa shape index (κ2) is 9.79. The fraction of sp³-hybridized carbons (Fsp3) is 0.280. The van der Waals surface area contributed by atoms with Crippen LogP contribution >= 0.6 is 11.3 Å². The predicted octanol–water partition coefficient (Wildman–Crippen LogP) is 4.82. The maximum absolute atomic E-state index is 11.9. The minimum atomic E-state index is -0.211. The molecule has 6 heteroatoms. The van der Waals surface area contributed by atoms with Crippen molar-refractivity contribution >= 4 is 45.5 Å². The number of fused-ring (bicyclic) bond motifs is 1. The normalized spacial score (nSPS) is 14.4. The van der Waals surface area contributed by atoms with Crippen LogP contribution in [-0.2, 0) is 11.3 Å². The lowest BCUT2D eigenvalue weighted by Crippen LogP contribution is -2.49. The lowest BCUT2D eigenvalue weighted by atomic mass is 10.1. The van der Waals surface area contributed by atoms with Gasteiger partial charge in [-0.25, -0.2) is 4.79 Å². The quantitative estimate of drug-likeness (QED) is 0.412. The number of nitrogens with zero attached hydrogens (tertiary/aromatic N) is 3. The van der Waals surface area contributed by atoms with E-state index >= 15 is 0 Å². The summed E-state index contributed by atoms with van der Waals surface area (Å²) in [6.07, 6.45) is 6.07. The molecule has 1 fully saturated rings. The van der Waals surface area contributed by atoms with Gasteiger partial charge < -0.3 is 14.5 Å². The molecule has 1 aliphatic rings. The second-order valence-corrected chi connectivity index (χ2v) is 8.47. The second-order valence-electron chi connectivity index (χ2n) is 7.41. The summed E-state index contributed by atoms with van der Waals surface area (Å²) >= 11 is 1.79. The first kappa shape index (κ1) is 21.1. The molecule has 0 atom stereocenters. The number of anilines is 1. The summed E-state index contributed by atoms with van der Waals surface area (Å²) in [5, 5.41) is 1.21. The van der Waals surface area contributed by atoms with Crippen molar-refractivity contribution in [1.29, 1.82) is 0 Å². The number of hydrogen-bond acceptors (Lipinski definition) is 4. The molecule has 0 bridgehead atoms. The molecule has 2 aromatic carbocycles. The molecule has 1 amide bonds. The maximum atomic E-state index is 11.9. The average Bonchev–Trinajstić information content (AvgIpc) is 3.16. The number of benzene rings is 2. The lowest BCUT2D eigenvalue weighted by molar-refractivity contribution is -0.658. The first-order valence-electron chi connectivity index (χ1n) is 10.7. The van der Waals surface area contributed by atoms with E-state index in [9.17, 15) is 4.79 Å². The molecule has 2 heterocycles. The van der Waals surface area contributed by atoms with E-state index in [0.717, 1.165) is 25.2 Å².